The van der Waals surface area contributed by atoms with Crippen LogP contribution in [0.15, 0.2) is 30.3 Å². The zero-order valence-electron chi connectivity index (χ0n) is 17.6. The van der Waals surface area contributed by atoms with Crippen molar-refractivity contribution in [2.24, 2.45) is 5.92 Å². The normalized spacial score (nSPS) is 24.3. The van der Waals surface area contributed by atoms with E-state index in [1.807, 2.05) is 37.8 Å². The summed E-state index contributed by atoms with van der Waals surface area (Å²) in [5.74, 6) is 0.185. The molecule has 1 aromatic carbocycles. The molecule has 1 saturated heterocycles. The van der Waals surface area contributed by atoms with Gasteiger partial charge in [0.25, 0.3) is 0 Å². The lowest BCUT2D eigenvalue weighted by atomic mass is 9.72. The van der Waals surface area contributed by atoms with Crippen molar-refractivity contribution in [3.63, 3.8) is 0 Å². The average Bonchev–Trinajstić information content (AvgIpc) is 2.60. The molecule has 6 heteroatoms. The van der Waals surface area contributed by atoms with E-state index >= 15 is 0 Å². The topological polar surface area (TPSA) is 81.7 Å². The molecule has 0 spiro atoms. The standard InChI is InChI=1S/C23H33N3O3/c1-4-6-16-9-11-17(12-10-16)21-19(13-24-23(29)25-15(2)3)26(20(21)14-27)22(28)18-7-5-8-18/h4,6,9-12,15,18-21,27H,5,7-8,13-14H2,1-3H3,(H2,24,25,29)/b6-4+/t19-,20-,21-/m1/s1. The Morgan fingerprint density at radius 3 is 2.41 bits per heavy atom. The van der Waals surface area contributed by atoms with Gasteiger partial charge in [0.05, 0.1) is 18.7 Å². The summed E-state index contributed by atoms with van der Waals surface area (Å²) in [5.41, 5.74) is 2.20. The van der Waals surface area contributed by atoms with Crippen molar-refractivity contribution < 1.29 is 14.7 Å². The molecule has 1 heterocycles. The van der Waals surface area contributed by atoms with Crippen molar-refractivity contribution in [3.05, 3.63) is 41.5 Å². The SMILES string of the molecule is C/C=C/c1ccc([C@H]2[C@@H](CO)N(C(=O)C3CCC3)[C@@H]2CNC(=O)NC(C)C)cc1. The molecular formula is C23H33N3O3. The van der Waals surface area contributed by atoms with Crippen LogP contribution < -0.4 is 10.6 Å². The van der Waals surface area contributed by atoms with E-state index in [0.29, 0.717) is 6.54 Å². The number of likely N-dealkylation sites (tertiary alicyclic amines) is 1. The molecule has 3 N–H and O–H groups in total. The van der Waals surface area contributed by atoms with Crippen LogP contribution >= 0.6 is 0 Å². The summed E-state index contributed by atoms with van der Waals surface area (Å²) in [6, 6.07) is 7.66. The number of allylic oxidation sites excluding steroid dienone is 1. The average molecular weight is 400 g/mol. The number of hydrogen-bond acceptors (Lipinski definition) is 3. The Labute approximate surface area is 173 Å². The van der Waals surface area contributed by atoms with E-state index in [9.17, 15) is 14.7 Å². The van der Waals surface area contributed by atoms with Crippen LogP contribution in [-0.2, 0) is 4.79 Å². The monoisotopic (exact) mass is 399 g/mol. The van der Waals surface area contributed by atoms with Gasteiger partial charge in [-0.05, 0) is 44.7 Å². The molecule has 1 aliphatic heterocycles. The second kappa shape index (κ2) is 9.44. The summed E-state index contributed by atoms with van der Waals surface area (Å²) in [7, 11) is 0. The molecule has 3 amide bonds. The van der Waals surface area contributed by atoms with E-state index < -0.39 is 0 Å². The van der Waals surface area contributed by atoms with Gasteiger partial charge in [0, 0.05) is 24.4 Å². The predicted octanol–water partition coefficient (Wildman–Crippen LogP) is 2.88. The summed E-state index contributed by atoms with van der Waals surface area (Å²) in [5, 5.41) is 15.8. The van der Waals surface area contributed by atoms with Crippen molar-refractivity contribution in [2.45, 2.75) is 64.1 Å². The van der Waals surface area contributed by atoms with E-state index in [1.165, 1.54) is 0 Å². The third-order valence-corrected chi connectivity index (χ3v) is 6.01. The van der Waals surface area contributed by atoms with Gasteiger partial charge in [-0.2, -0.15) is 0 Å². The minimum atomic E-state index is -0.240. The van der Waals surface area contributed by atoms with Gasteiger partial charge in [0.2, 0.25) is 5.91 Å². The highest BCUT2D eigenvalue weighted by atomic mass is 16.3. The van der Waals surface area contributed by atoms with Gasteiger partial charge in [0.1, 0.15) is 0 Å². The van der Waals surface area contributed by atoms with Crippen LogP contribution in [0, 0.1) is 5.92 Å². The molecule has 1 aromatic rings. The number of nitrogens with one attached hydrogen (secondary N) is 2. The smallest absolute Gasteiger partial charge is 0.315 e. The van der Waals surface area contributed by atoms with Crippen molar-refractivity contribution in [1.29, 1.82) is 0 Å². The molecule has 0 unspecified atom stereocenters. The number of carbonyl (C=O) groups is 2. The van der Waals surface area contributed by atoms with Gasteiger partial charge in [-0.25, -0.2) is 4.79 Å². The molecule has 3 rings (SSSR count). The summed E-state index contributed by atoms with van der Waals surface area (Å²) in [4.78, 5) is 26.9. The van der Waals surface area contributed by atoms with E-state index in [0.717, 1.165) is 30.4 Å². The Hall–Kier alpha value is -2.34. The molecule has 3 atom stereocenters. The molecule has 0 aromatic heterocycles. The van der Waals surface area contributed by atoms with E-state index in [4.69, 9.17) is 0 Å². The number of hydrogen-bond donors (Lipinski definition) is 3. The Bertz CT molecular complexity index is 740. The van der Waals surface area contributed by atoms with Gasteiger partial charge < -0.3 is 20.6 Å². The lowest BCUT2D eigenvalue weighted by Gasteiger charge is -2.56. The fourth-order valence-electron chi connectivity index (χ4n) is 4.34. The first-order valence-electron chi connectivity index (χ1n) is 10.7. The lowest BCUT2D eigenvalue weighted by Crippen LogP contribution is -2.70. The van der Waals surface area contributed by atoms with Crippen molar-refractivity contribution in [2.75, 3.05) is 13.2 Å². The van der Waals surface area contributed by atoms with Gasteiger partial charge in [0.15, 0.2) is 0 Å². The number of nitrogens with zero attached hydrogens (tertiary/aromatic N) is 1. The molecule has 1 aliphatic carbocycles. The van der Waals surface area contributed by atoms with Crippen LogP contribution in [-0.4, -0.2) is 53.2 Å². The van der Waals surface area contributed by atoms with Gasteiger partial charge in [-0.1, -0.05) is 42.8 Å². The molecule has 2 fully saturated rings. The minimum Gasteiger partial charge on any atom is -0.394 e. The second-order valence-electron chi connectivity index (χ2n) is 8.39. The summed E-state index contributed by atoms with van der Waals surface area (Å²) < 4.78 is 0. The quantitative estimate of drug-likeness (QED) is 0.659. The third kappa shape index (κ3) is 4.64. The molecule has 0 radical (unpaired) electrons. The first kappa shape index (κ1) is 21.4. The van der Waals surface area contributed by atoms with Crippen LogP contribution in [0.3, 0.4) is 0 Å². The zero-order valence-corrected chi connectivity index (χ0v) is 17.6. The summed E-state index contributed by atoms with van der Waals surface area (Å²) in [6.07, 6.45) is 6.96. The Morgan fingerprint density at radius 2 is 1.90 bits per heavy atom. The molecule has 6 nitrogen and oxygen atoms in total. The number of aliphatic hydroxyl groups excluding tert-OH is 1. The van der Waals surface area contributed by atoms with E-state index in [1.54, 1.807) is 0 Å². The van der Waals surface area contributed by atoms with Crippen molar-refractivity contribution >= 4 is 18.0 Å². The molecule has 2 aliphatic rings. The lowest BCUT2D eigenvalue weighted by molar-refractivity contribution is -0.157. The van der Waals surface area contributed by atoms with Crippen LogP contribution in [0.25, 0.3) is 6.08 Å². The maximum absolute atomic E-state index is 13.0. The summed E-state index contributed by atoms with van der Waals surface area (Å²) >= 11 is 0. The minimum absolute atomic E-state index is 0.00281. The molecule has 158 valence electrons. The molecule has 29 heavy (non-hydrogen) atoms. The first-order valence-corrected chi connectivity index (χ1v) is 10.7. The predicted molar refractivity (Wildman–Crippen MR) is 114 cm³/mol. The summed E-state index contributed by atoms with van der Waals surface area (Å²) in [6.45, 7) is 6.09. The van der Waals surface area contributed by atoms with Gasteiger partial charge in [-0.3, -0.25) is 4.79 Å². The van der Waals surface area contributed by atoms with Crippen LogP contribution in [0.1, 0.15) is 57.1 Å². The first-order chi connectivity index (χ1) is 14.0. The number of amides is 3. The van der Waals surface area contributed by atoms with Gasteiger partial charge in [-0.15, -0.1) is 0 Å². The molecule has 0 bridgehead atoms. The third-order valence-electron chi connectivity index (χ3n) is 6.01. The number of urea groups is 1. The highest BCUT2D eigenvalue weighted by Crippen LogP contribution is 2.43. The number of benzene rings is 1. The maximum Gasteiger partial charge on any atom is 0.315 e. The Balaban J connectivity index is 1.79. The largest absolute Gasteiger partial charge is 0.394 e. The highest BCUT2D eigenvalue weighted by molar-refractivity contribution is 5.82. The Morgan fingerprint density at radius 1 is 1.21 bits per heavy atom. The number of aliphatic hydroxyl groups is 1. The second-order valence-corrected chi connectivity index (χ2v) is 8.39. The maximum atomic E-state index is 13.0. The fraction of sp³-hybridized carbons (Fsp3) is 0.565. The van der Waals surface area contributed by atoms with Crippen molar-refractivity contribution in [3.8, 4) is 0 Å². The van der Waals surface area contributed by atoms with Crippen LogP contribution in [0.4, 0.5) is 4.79 Å². The molecule has 1 saturated carbocycles. The van der Waals surface area contributed by atoms with E-state index in [2.05, 4.69) is 34.9 Å². The van der Waals surface area contributed by atoms with Crippen molar-refractivity contribution in [1.82, 2.24) is 15.5 Å². The molecular weight excluding hydrogens is 366 g/mol. The number of rotatable bonds is 7. The van der Waals surface area contributed by atoms with Crippen LogP contribution in [0.5, 0.6) is 0 Å². The van der Waals surface area contributed by atoms with E-state index in [-0.39, 0.29) is 48.5 Å². The van der Waals surface area contributed by atoms with Gasteiger partial charge >= 0.3 is 6.03 Å². The Kier molecular flexibility index (Phi) is 6.96. The fourth-order valence-corrected chi connectivity index (χ4v) is 4.34. The van der Waals surface area contributed by atoms with Crippen LogP contribution in [0.2, 0.25) is 0 Å². The highest BCUT2D eigenvalue weighted by Gasteiger charge is 2.52. The number of carbonyl (C=O) groups excluding carboxylic acids is 2. The zero-order chi connectivity index (χ0) is 21.0.